The summed E-state index contributed by atoms with van der Waals surface area (Å²) in [7, 11) is 0. The van der Waals surface area contributed by atoms with Crippen LogP contribution in [-0.2, 0) is 0 Å². The molecule has 0 aliphatic rings. The quantitative estimate of drug-likeness (QED) is 0.592. The molecule has 0 atom stereocenters. The van der Waals surface area contributed by atoms with Crippen LogP contribution in [0.4, 0.5) is 10.1 Å². The molecular formula is C12H6Cl2FNO2. The number of rotatable bonds is 2. The predicted molar refractivity (Wildman–Crippen MR) is 68.5 cm³/mol. The van der Waals surface area contributed by atoms with Crippen molar-refractivity contribution >= 4 is 28.9 Å². The van der Waals surface area contributed by atoms with Crippen molar-refractivity contribution in [2.75, 3.05) is 0 Å². The maximum atomic E-state index is 13.9. The van der Waals surface area contributed by atoms with Crippen molar-refractivity contribution in [3.8, 4) is 11.1 Å². The maximum absolute atomic E-state index is 13.9. The summed E-state index contributed by atoms with van der Waals surface area (Å²) < 4.78 is 13.9. The summed E-state index contributed by atoms with van der Waals surface area (Å²) in [5.74, 6) is -0.902. The highest BCUT2D eigenvalue weighted by atomic mass is 35.5. The van der Waals surface area contributed by atoms with E-state index in [0.29, 0.717) is 15.6 Å². The van der Waals surface area contributed by atoms with E-state index in [1.807, 2.05) is 0 Å². The Hall–Kier alpha value is -1.65. The van der Waals surface area contributed by atoms with Crippen molar-refractivity contribution in [1.82, 2.24) is 0 Å². The van der Waals surface area contributed by atoms with E-state index >= 15 is 0 Å². The lowest BCUT2D eigenvalue weighted by molar-refractivity contribution is -0.387. The van der Waals surface area contributed by atoms with Crippen LogP contribution in [0.25, 0.3) is 11.1 Å². The van der Waals surface area contributed by atoms with E-state index in [9.17, 15) is 14.5 Å². The topological polar surface area (TPSA) is 43.1 Å². The van der Waals surface area contributed by atoms with Gasteiger partial charge in [0.2, 0.25) is 5.82 Å². The van der Waals surface area contributed by atoms with Gasteiger partial charge < -0.3 is 0 Å². The normalized spacial score (nSPS) is 10.4. The molecule has 2 rings (SSSR count). The number of nitro benzene ring substituents is 1. The van der Waals surface area contributed by atoms with Crippen LogP contribution in [0.15, 0.2) is 36.4 Å². The molecule has 0 heterocycles. The molecule has 0 aliphatic heterocycles. The van der Waals surface area contributed by atoms with Crippen LogP contribution in [0.5, 0.6) is 0 Å². The van der Waals surface area contributed by atoms with Gasteiger partial charge in [0.15, 0.2) is 0 Å². The van der Waals surface area contributed by atoms with Gasteiger partial charge in [-0.2, -0.15) is 4.39 Å². The zero-order chi connectivity index (χ0) is 13.3. The summed E-state index contributed by atoms with van der Waals surface area (Å²) in [6.45, 7) is 0. The average molecular weight is 286 g/mol. The van der Waals surface area contributed by atoms with E-state index < -0.39 is 16.4 Å². The van der Waals surface area contributed by atoms with Gasteiger partial charge in [-0.05, 0) is 23.8 Å². The first-order valence-electron chi connectivity index (χ1n) is 4.88. The Labute approximate surface area is 112 Å². The number of hydrogen-bond acceptors (Lipinski definition) is 2. The maximum Gasteiger partial charge on any atom is 0.305 e. The minimum atomic E-state index is -0.902. The highest BCUT2D eigenvalue weighted by Gasteiger charge is 2.18. The largest absolute Gasteiger partial charge is 0.305 e. The molecule has 3 nitrogen and oxygen atoms in total. The lowest BCUT2D eigenvalue weighted by Gasteiger charge is -2.05. The summed E-state index contributed by atoms with van der Waals surface area (Å²) in [6, 6.07) is 8.44. The first kappa shape index (κ1) is 12.8. The second-order valence-electron chi connectivity index (χ2n) is 3.55. The van der Waals surface area contributed by atoms with Gasteiger partial charge in [0.25, 0.3) is 0 Å². The molecule has 0 unspecified atom stereocenters. The molecule has 0 saturated carbocycles. The number of halogens is 3. The van der Waals surface area contributed by atoms with E-state index in [-0.39, 0.29) is 5.56 Å². The molecule has 0 aromatic heterocycles. The highest BCUT2D eigenvalue weighted by molar-refractivity contribution is 6.35. The summed E-state index contributed by atoms with van der Waals surface area (Å²) in [6.07, 6.45) is 0. The van der Waals surface area contributed by atoms with Crippen molar-refractivity contribution in [1.29, 1.82) is 0 Å². The monoisotopic (exact) mass is 285 g/mol. The molecule has 0 N–H and O–H groups in total. The summed E-state index contributed by atoms with van der Waals surface area (Å²) in [5, 5.41) is 11.3. The van der Waals surface area contributed by atoms with E-state index in [4.69, 9.17) is 23.2 Å². The van der Waals surface area contributed by atoms with Crippen molar-refractivity contribution in [2.24, 2.45) is 0 Å². The number of hydrogen-bond donors (Lipinski definition) is 0. The van der Waals surface area contributed by atoms with Gasteiger partial charge in [-0.1, -0.05) is 35.3 Å². The lowest BCUT2D eigenvalue weighted by atomic mass is 10.0. The molecule has 0 aliphatic carbocycles. The van der Waals surface area contributed by atoms with Crippen molar-refractivity contribution in [3.05, 3.63) is 62.4 Å². The Balaban J connectivity index is 2.64. The van der Waals surface area contributed by atoms with E-state index in [1.54, 1.807) is 0 Å². The molecule has 92 valence electrons. The molecule has 0 amide bonds. The third kappa shape index (κ3) is 2.44. The molecule has 2 aromatic carbocycles. The van der Waals surface area contributed by atoms with Crippen LogP contribution in [0.1, 0.15) is 0 Å². The fourth-order valence-electron chi connectivity index (χ4n) is 1.59. The van der Waals surface area contributed by atoms with Gasteiger partial charge in [-0.15, -0.1) is 0 Å². The third-order valence-corrected chi connectivity index (χ3v) is 2.79. The second-order valence-corrected chi connectivity index (χ2v) is 4.43. The Morgan fingerprint density at radius 2 is 1.72 bits per heavy atom. The highest BCUT2D eigenvalue weighted by Crippen LogP contribution is 2.32. The first-order valence-corrected chi connectivity index (χ1v) is 5.64. The number of benzene rings is 2. The van der Waals surface area contributed by atoms with Crippen LogP contribution >= 0.6 is 23.2 Å². The molecular weight excluding hydrogens is 280 g/mol. The third-order valence-electron chi connectivity index (χ3n) is 2.35. The fraction of sp³-hybridized carbons (Fsp3) is 0. The van der Waals surface area contributed by atoms with Gasteiger partial charge in [-0.25, -0.2) is 0 Å². The number of nitro groups is 1. The van der Waals surface area contributed by atoms with Crippen molar-refractivity contribution in [3.63, 3.8) is 0 Å². The Morgan fingerprint density at radius 1 is 1.11 bits per heavy atom. The average Bonchev–Trinajstić information content (AvgIpc) is 2.27. The molecule has 0 spiro atoms. The van der Waals surface area contributed by atoms with Crippen molar-refractivity contribution in [2.45, 2.75) is 0 Å². The van der Waals surface area contributed by atoms with Crippen molar-refractivity contribution < 1.29 is 9.31 Å². The Bertz CT molecular complexity index is 611. The zero-order valence-corrected chi connectivity index (χ0v) is 10.4. The van der Waals surface area contributed by atoms with Crippen LogP contribution < -0.4 is 0 Å². The fourth-order valence-corrected chi connectivity index (χ4v) is 2.12. The van der Waals surface area contributed by atoms with E-state index in [2.05, 4.69) is 0 Å². The van der Waals surface area contributed by atoms with E-state index in [1.165, 1.54) is 30.3 Å². The molecule has 0 bridgehead atoms. The first-order chi connectivity index (χ1) is 8.49. The van der Waals surface area contributed by atoms with Crippen LogP contribution in [0, 0.1) is 15.9 Å². The molecule has 0 fully saturated rings. The molecule has 18 heavy (non-hydrogen) atoms. The van der Waals surface area contributed by atoms with Gasteiger partial charge in [0.1, 0.15) is 0 Å². The SMILES string of the molecule is O=[N+]([O-])c1cccc(-c2cc(Cl)cc(Cl)c2)c1F. The summed E-state index contributed by atoms with van der Waals surface area (Å²) in [5.41, 5.74) is -0.0918. The minimum Gasteiger partial charge on any atom is -0.258 e. The summed E-state index contributed by atoms with van der Waals surface area (Å²) >= 11 is 11.6. The predicted octanol–water partition coefficient (Wildman–Crippen LogP) is 4.71. The molecule has 6 heteroatoms. The van der Waals surface area contributed by atoms with Gasteiger partial charge in [0, 0.05) is 21.7 Å². The van der Waals surface area contributed by atoms with E-state index in [0.717, 1.165) is 6.07 Å². The van der Waals surface area contributed by atoms with Crippen LogP contribution in [0.2, 0.25) is 10.0 Å². The Kier molecular flexibility index (Phi) is 3.50. The second kappa shape index (κ2) is 4.92. The molecule has 2 aromatic rings. The molecule has 0 radical (unpaired) electrons. The Morgan fingerprint density at radius 3 is 2.28 bits per heavy atom. The van der Waals surface area contributed by atoms with Gasteiger partial charge in [-0.3, -0.25) is 10.1 Å². The standard InChI is InChI=1S/C12H6Cl2FNO2/c13-8-4-7(5-9(14)6-8)10-2-1-3-11(12(10)15)16(17)18/h1-6H. The lowest BCUT2D eigenvalue weighted by Crippen LogP contribution is -1.94. The number of nitrogens with zero attached hydrogens (tertiary/aromatic N) is 1. The van der Waals surface area contributed by atoms with Crippen LogP contribution in [-0.4, -0.2) is 4.92 Å². The van der Waals surface area contributed by atoms with Gasteiger partial charge >= 0.3 is 5.69 Å². The summed E-state index contributed by atoms with van der Waals surface area (Å²) in [4.78, 5) is 9.88. The van der Waals surface area contributed by atoms with Crippen LogP contribution in [0.3, 0.4) is 0 Å². The smallest absolute Gasteiger partial charge is 0.258 e. The molecule has 0 saturated heterocycles. The van der Waals surface area contributed by atoms with Gasteiger partial charge in [0.05, 0.1) is 4.92 Å². The zero-order valence-electron chi connectivity index (χ0n) is 8.86. The minimum absolute atomic E-state index is 0.0913.